The molecule has 2 N–H and O–H groups in total. The summed E-state index contributed by atoms with van der Waals surface area (Å²) in [6, 6.07) is 15.4. The van der Waals surface area contributed by atoms with Crippen molar-refractivity contribution in [1.82, 2.24) is 14.5 Å². The Bertz CT molecular complexity index is 1680. The maximum absolute atomic E-state index is 13.4. The number of methoxy groups -OCH3 is 1. The first-order chi connectivity index (χ1) is 19.2. The van der Waals surface area contributed by atoms with Crippen LogP contribution in [0.15, 0.2) is 70.3 Å². The zero-order valence-corrected chi connectivity index (χ0v) is 23.3. The number of amides is 1. The second-order valence-electron chi connectivity index (χ2n) is 9.18. The quantitative estimate of drug-likeness (QED) is 0.291. The van der Waals surface area contributed by atoms with Gasteiger partial charge in [-0.2, -0.15) is 0 Å². The van der Waals surface area contributed by atoms with Crippen molar-refractivity contribution in [3.8, 4) is 5.69 Å². The van der Waals surface area contributed by atoms with E-state index in [9.17, 15) is 19.2 Å². The fourth-order valence-corrected chi connectivity index (χ4v) is 5.04. The molecule has 0 aliphatic rings. The van der Waals surface area contributed by atoms with E-state index in [4.69, 9.17) is 33.0 Å². The molecule has 11 heteroatoms. The molecule has 0 radical (unpaired) electrons. The number of nitrogens with one attached hydrogen (secondary N) is 1. The normalized spacial score (nSPS) is 11.8. The second-order valence-corrected chi connectivity index (χ2v) is 9.99. The zero-order chi connectivity index (χ0) is 29.0. The number of esters is 1. The minimum Gasteiger partial charge on any atom is -0.467 e. The first-order valence-electron chi connectivity index (χ1n) is 12.4. The highest BCUT2D eigenvalue weighted by molar-refractivity contribution is 6.39. The minimum atomic E-state index is -1.05. The van der Waals surface area contributed by atoms with Crippen molar-refractivity contribution < 1.29 is 19.4 Å². The van der Waals surface area contributed by atoms with Crippen LogP contribution in [0, 0.1) is 0 Å². The molecule has 3 aromatic carbocycles. The highest BCUT2D eigenvalue weighted by atomic mass is 35.5. The number of aliphatic hydroxyl groups excluding tert-OH is 1. The summed E-state index contributed by atoms with van der Waals surface area (Å²) in [7, 11) is 2.81. The van der Waals surface area contributed by atoms with Gasteiger partial charge in [0, 0.05) is 20.1 Å². The van der Waals surface area contributed by atoms with E-state index in [1.807, 2.05) is 6.07 Å². The van der Waals surface area contributed by atoms with Crippen LogP contribution in [0.3, 0.4) is 0 Å². The number of carbonyl (C=O) groups excluding carboxylic acids is 2. The van der Waals surface area contributed by atoms with Gasteiger partial charge < -0.3 is 15.2 Å². The number of benzene rings is 3. The number of hydrogen-bond donors (Lipinski definition) is 2. The smallest absolute Gasteiger partial charge is 0.335 e. The summed E-state index contributed by atoms with van der Waals surface area (Å²) in [5.74, 6) is -1.30. The van der Waals surface area contributed by atoms with Crippen molar-refractivity contribution in [2.75, 3.05) is 13.7 Å². The summed E-state index contributed by atoms with van der Waals surface area (Å²) < 4.78 is 7.36. The van der Waals surface area contributed by atoms with Crippen molar-refractivity contribution in [1.29, 1.82) is 0 Å². The van der Waals surface area contributed by atoms with E-state index in [1.165, 1.54) is 23.8 Å². The molecule has 0 saturated carbocycles. The van der Waals surface area contributed by atoms with Crippen LogP contribution in [-0.2, 0) is 29.4 Å². The van der Waals surface area contributed by atoms with E-state index in [-0.39, 0.29) is 28.6 Å². The molecule has 1 amide bonds. The number of hydrogen-bond acceptors (Lipinski definition) is 6. The Morgan fingerprint density at radius 1 is 1.00 bits per heavy atom. The number of fused-ring (bicyclic) bond motifs is 1. The van der Waals surface area contributed by atoms with Crippen LogP contribution in [0.4, 0.5) is 0 Å². The Kier molecular flexibility index (Phi) is 9.09. The molecule has 0 unspecified atom stereocenters. The lowest BCUT2D eigenvalue weighted by molar-refractivity contribution is -0.142. The fourth-order valence-electron chi connectivity index (χ4n) is 4.47. The standard InChI is InChI=1S/C29H27Cl2N3O6/c1-33-24-13-10-17(5-4-14-35)15-20(24)27(37)34(29(33)39)19-11-8-18(9-12-19)16-23(28(38)40-2)32-26(36)25-21(30)6-3-7-22(25)31/h3,6-13,15,23,35H,4-5,14,16H2,1-2H3,(H,32,36)/t23-/m0/s1. The number of rotatable bonds is 9. The van der Waals surface area contributed by atoms with Crippen LogP contribution in [0.25, 0.3) is 16.6 Å². The van der Waals surface area contributed by atoms with Crippen LogP contribution in [0.5, 0.6) is 0 Å². The molecule has 0 spiro atoms. The highest BCUT2D eigenvalue weighted by Gasteiger charge is 2.25. The molecule has 1 aromatic heterocycles. The van der Waals surface area contributed by atoms with Crippen LogP contribution in [0.2, 0.25) is 10.0 Å². The summed E-state index contributed by atoms with van der Waals surface area (Å²) in [5, 5.41) is 12.4. The Balaban J connectivity index is 1.64. The Hall–Kier alpha value is -3.92. The van der Waals surface area contributed by atoms with Gasteiger partial charge in [0.25, 0.3) is 11.5 Å². The predicted molar refractivity (Wildman–Crippen MR) is 154 cm³/mol. The Morgan fingerprint density at radius 3 is 2.27 bits per heavy atom. The maximum atomic E-state index is 13.4. The summed E-state index contributed by atoms with van der Waals surface area (Å²) in [4.78, 5) is 51.9. The van der Waals surface area contributed by atoms with Gasteiger partial charge >= 0.3 is 11.7 Å². The third-order valence-corrected chi connectivity index (χ3v) is 7.20. The van der Waals surface area contributed by atoms with Gasteiger partial charge in [-0.1, -0.05) is 47.5 Å². The number of nitrogens with zero attached hydrogens (tertiary/aromatic N) is 2. The van der Waals surface area contributed by atoms with Crippen LogP contribution < -0.4 is 16.6 Å². The lowest BCUT2D eigenvalue weighted by Gasteiger charge is -2.18. The first-order valence-corrected chi connectivity index (χ1v) is 13.2. The van der Waals surface area contributed by atoms with Crippen LogP contribution >= 0.6 is 23.2 Å². The van der Waals surface area contributed by atoms with Gasteiger partial charge in [0.15, 0.2) is 0 Å². The molecule has 0 aliphatic carbocycles. The summed E-state index contributed by atoms with van der Waals surface area (Å²) >= 11 is 12.3. The number of ether oxygens (including phenoxy) is 1. The Morgan fingerprint density at radius 2 is 1.65 bits per heavy atom. The molecule has 1 atom stereocenters. The molecule has 0 bridgehead atoms. The largest absolute Gasteiger partial charge is 0.467 e. The summed E-state index contributed by atoms with van der Waals surface area (Å²) in [5.41, 5.74) is 1.44. The molecule has 9 nitrogen and oxygen atoms in total. The van der Waals surface area contributed by atoms with Gasteiger partial charge in [-0.05, 0) is 60.4 Å². The van der Waals surface area contributed by atoms with Gasteiger partial charge in [-0.3, -0.25) is 14.2 Å². The number of carbonyl (C=O) groups is 2. The molecule has 4 aromatic rings. The first kappa shape index (κ1) is 29.1. The summed E-state index contributed by atoms with van der Waals surface area (Å²) in [6.07, 6.45) is 1.23. The van der Waals surface area contributed by atoms with Gasteiger partial charge in [0.05, 0.1) is 39.3 Å². The SMILES string of the molecule is COC(=O)[C@H](Cc1ccc(-n2c(=O)c3cc(CCCO)ccc3n(C)c2=O)cc1)NC(=O)c1c(Cl)cccc1Cl. The molecule has 1 heterocycles. The fraction of sp³-hybridized carbons (Fsp3) is 0.241. The average Bonchev–Trinajstić information content (AvgIpc) is 2.94. The maximum Gasteiger partial charge on any atom is 0.335 e. The van der Waals surface area contributed by atoms with Gasteiger partial charge in [0.1, 0.15) is 6.04 Å². The minimum absolute atomic E-state index is 0.0379. The zero-order valence-electron chi connectivity index (χ0n) is 21.8. The van der Waals surface area contributed by atoms with E-state index in [0.717, 1.165) is 10.1 Å². The number of aromatic nitrogens is 2. The lowest BCUT2D eigenvalue weighted by atomic mass is 10.0. The van der Waals surface area contributed by atoms with E-state index in [1.54, 1.807) is 49.5 Å². The second kappa shape index (κ2) is 12.5. The monoisotopic (exact) mass is 583 g/mol. The van der Waals surface area contributed by atoms with Crippen molar-refractivity contribution in [2.45, 2.75) is 25.3 Å². The van der Waals surface area contributed by atoms with E-state index in [2.05, 4.69) is 5.32 Å². The van der Waals surface area contributed by atoms with Crippen LogP contribution in [-0.4, -0.2) is 45.9 Å². The number of halogens is 2. The Labute approximate surface area is 239 Å². The average molecular weight is 584 g/mol. The van der Waals surface area contributed by atoms with Gasteiger partial charge in [-0.25, -0.2) is 14.2 Å². The van der Waals surface area contributed by atoms with Crippen LogP contribution in [0.1, 0.15) is 27.9 Å². The van der Waals surface area contributed by atoms with Gasteiger partial charge in [-0.15, -0.1) is 0 Å². The molecule has 0 aliphatic heterocycles. The highest BCUT2D eigenvalue weighted by Crippen LogP contribution is 2.24. The number of aliphatic hydroxyl groups is 1. The van der Waals surface area contributed by atoms with Crippen molar-refractivity contribution in [3.63, 3.8) is 0 Å². The molecule has 208 valence electrons. The molecular formula is C29H27Cl2N3O6. The van der Waals surface area contributed by atoms with Crippen molar-refractivity contribution in [3.05, 3.63) is 108 Å². The van der Waals surface area contributed by atoms with Crippen molar-refractivity contribution in [2.24, 2.45) is 7.05 Å². The predicted octanol–water partition coefficient (Wildman–Crippen LogP) is 3.44. The number of aryl methyl sites for hydroxylation is 2. The molecule has 40 heavy (non-hydrogen) atoms. The molecule has 4 rings (SSSR count). The van der Waals surface area contributed by atoms with E-state index >= 15 is 0 Å². The molecular weight excluding hydrogens is 557 g/mol. The van der Waals surface area contributed by atoms with E-state index in [0.29, 0.717) is 35.0 Å². The lowest BCUT2D eigenvalue weighted by Crippen LogP contribution is -2.43. The molecule has 0 fully saturated rings. The third kappa shape index (κ3) is 5.96. The topological polar surface area (TPSA) is 120 Å². The van der Waals surface area contributed by atoms with Crippen molar-refractivity contribution >= 4 is 46.0 Å². The molecule has 0 saturated heterocycles. The third-order valence-electron chi connectivity index (χ3n) is 6.57. The van der Waals surface area contributed by atoms with Gasteiger partial charge in [0.2, 0.25) is 0 Å². The van der Waals surface area contributed by atoms with E-state index < -0.39 is 29.2 Å². The summed E-state index contributed by atoms with van der Waals surface area (Å²) in [6.45, 7) is 0.0379.